The number of aromatic nitrogens is 2. The Balaban J connectivity index is 2.37. The first-order valence-corrected chi connectivity index (χ1v) is 6.30. The van der Waals surface area contributed by atoms with Crippen LogP contribution in [0.3, 0.4) is 0 Å². The maximum Gasteiger partial charge on any atom is 0.418 e. The van der Waals surface area contributed by atoms with Gasteiger partial charge in [-0.25, -0.2) is 4.98 Å². The standard InChI is InChI=1S/C15H12F3N3/c1-9-5-4-8-12-13(9)20-14(19)21(12)11-7-3-2-6-10(11)15(16,17)18/h2-8H,1H3,(H2,19,20). The first-order valence-electron chi connectivity index (χ1n) is 6.30. The molecule has 0 unspecified atom stereocenters. The number of fused-ring (bicyclic) bond motifs is 1. The fourth-order valence-electron chi connectivity index (χ4n) is 2.42. The Bertz CT molecular complexity index is 819. The van der Waals surface area contributed by atoms with Gasteiger partial charge in [0.1, 0.15) is 0 Å². The Morgan fingerprint density at radius 1 is 1.05 bits per heavy atom. The van der Waals surface area contributed by atoms with Gasteiger partial charge in [-0.05, 0) is 30.7 Å². The molecule has 3 nitrogen and oxygen atoms in total. The van der Waals surface area contributed by atoms with E-state index in [1.807, 2.05) is 13.0 Å². The molecule has 0 amide bonds. The molecule has 0 aliphatic heterocycles. The van der Waals surface area contributed by atoms with Crippen LogP contribution in [0.5, 0.6) is 0 Å². The highest BCUT2D eigenvalue weighted by Gasteiger charge is 2.34. The number of hydrogen-bond donors (Lipinski definition) is 1. The van der Waals surface area contributed by atoms with Gasteiger partial charge in [0.2, 0.25) is 5.95 Å². The molecule has 0 aliphatic rings. The van der Waals surface area contributed by atoms with Crippen molar-refractivity contribution in [1.29, 1.82) is 0 Å². The molecule has 2 aromatic carbocycles. The van der Waals surface area contributed by atoms with Gasteiger partial charge in [-0.15, -0.1) is 0 Å². The van der Waals surface area contributed by atoms with Gasteiger partial charge in [0.15, 0.2) is 0 Å². The van der Waals surface area contributed by atoms with Crippen molar-refractivity contribution in [2.45, 2.75) is 13.1 Å². The number of hydrogen-bond acceptors (Lipinski definition) is 2. The number of nitrogens with zero attached hydrogens (tertiary/aromatic N) is 2. The molecule has 1 heterocycles. The van der Waals surface area contributed by atoms with E-state index < -0.39 is 11.7 Å². The summed E-state index contributed by atoms with van der Waals surface area (Å²) in [6.45, 7) is 1.84. The third-order valence-corrected chi connectivity index (χ3v) is 3.36. The van der Waals surface area contributed by atoms with Crippen molar-refractivity contribution in [3.8, 4) is 5.69 Å². The highest BCUT2D eigenvalue weighted by Crippen LogP contribution is 2.36. The summed E-state index contributed by atoms with van der Waals surface area (Å²) in [7, 11) is 0. The predicted octanol–water partition coefficient (Wildman–Crippen LogP) is 3.93. The lowest BCUT2D eigenvalue weighted by molar-refractivity contribution is -0.137. The highest BCUT2D eigenvalue weighted by atomic mass is 19.4. The van der Waals surface area contributed by atoms with E-state index in [9.17, 15) is 13.2 Å². The Morgan fingerprint density at radius 3 is 2.48 bits per heavy atom. The van der Waals surface area contributed by atoms with Crippen LogP contribution in [0.15, 0.2) is 42.5 Å². The van der Waals surface area contributed by atoms with Crippen molar-refractivity contribution >= 4 is 17.0 Å². The van der Waals surface area contributed by atoms with Crippen LogP contribution in [-0.4, -0.2) is 9.55 Å². The topological polar surface area (TPSA) is 43.8 Å². The van der Waals surface area contributed by atoms with Gasteiger partial charge in [-0.1, -0.05) is 24.3 Å². The Hall–Kier alpha value is -2.50. The molecule has 3 aromatic rings. The number of anilines is 1. The highest BCUT2D eigenvalue weighted by molar-refractivity contribution is 5.84. The van der Waals surface area contributed by atoms with Crippen LogP contribution in [0.1, 0.15) is 11.1 Å². The largest absolute Gasteiger partial charge is 0.418 e. The molecule has 0 saturated carbocycles. The van der Waals surface area contributed by atoms with Crippen LogP contribution in [0.4, 0.5) is 19.1 Å². The van der Waals surface area contributed by atoms with Crippen molar-refractivity contribution in [3.63, 3.8) is 0 Å². The fraction of sp³-hybridized carbons (Fsp3) is 0.133. The van der Waals surface area contributed by atoms with Crippen molar-refractivity contribution in [2.24, 2.45) is 0 Å². The number of nitrogen functional groups attached to an aromatic ring is 1. The number of rotatable bonds is 1. The van der Waals surface area contributed by atoms with Crippen LogP contribution in [0.2, 0.25) is 0 Å². The van der Waals surface area contributed by atoms with Crippen LogP contribution < -0.4 is 5.73 Å². The number of alkyl halides is 3. The molecule has 0 radical (unpaired) electrons. The second kappa shape index (κ2) is 4.51. The van der Waals surface area contributed by atoms with Crippen LogP contribution in [0, 0.1) is 6.92 Å². The quantitative estimate of drug-likeness (QED) is 0.738. The molecule has 6 heteroatoms. The molecule has 21 heavy (non-hydrogen) atoms. The lowest BCUT2D eigenvalue weighted by Gasteiger charge is -2.14. The number of halogens is 3. The summed E-state index contributed by atoms with van der Waals surface area (Å²) in [5, 5.41) is 0. The van der Waals surface area contributed by atoms with Gasteiger partial charge < -0.3 is 5.73 Å². The van der Waals surface area contributed by atoms with Gasteiger partial charge in [0.25, 0.3) is 0 Å². The number of imidazole rings is 1. The zero-order chi connectivity index (χ0) is 15.2. The Labute approximate surface area is 118 Å². The molecular weight excluding hydrogens is 279 g/mol. The maximum absolute atomic E-state index is 13.2. The predicted molar refractivity (Wildman–Crippen MR) is 75.2 cm³/mol. The lowest BCUT2D eigenvalue weighted by atomic mass is 10.1. The molecule has 0 fully saturated rings. The summed E-state index contributed by atoms with van der Waals surface area (Å²) in [6, 6.07) is 10.6. The molecule has 0 atom stereocenters. The summed E-state index contributed by atoms with van der Waals surface area (Å²) in [4.78, 5) is 4.19. The average Bonchev–Trinajstić information content (AvgIpc) is 2.75. The molecule has 0 saturated heterocycles. The number of para-hydroxylation sites is 2. The molecule has 1 aromatic heterocycles. The summed E-state index contributed by atoms with van der Waals surface area (Å²) < 4.78 is 40.9. The third kappa shape index (κ3) is 2.12. The van der Waals surface area contributed by atoms with E-state index in [0.29, 0.717) is 11.0 Å². The minimum Gasteiger partial charge on any atom is -0.369 e. The van der Waals surface area contributed by atoms with Gasteiger partial charge >= 0.3 is 6.18 Å². The van der Waals surface area contributed by atoms with Crippen molar-refractivity contribution in [3.05, 3.63) is 53.6 Å². The van der Waals surface area contributed by atoms with Crippen LogP contribution in [-0.2, 0) is 6.18 Å². The summed E-state index contributed by atoms with van der Waals surface area (Å²) in [5.41, 5.74) is 7.12. The van der Waals surface area contributed by atoms with Gasteiger partial charge in [0.05, 0.1) is 22.3 Å². The van der Waals surface area contributed by atoms with E-state index in [2.05, 4.69) is 4.98 Å². The van der Waals surface area contributed by atoms with E-state index in [1.165, 1.54) is 16.7 Å². The van der Waals surface area contributed by atoms with E-state index in [0.717, 1.165) is 11.6 Å². The average molecular weight is 291 g/mol. The smallest absolute Gasteiger partial charge is 0.369 e. The first-order chi connectivity index (χ1) is 9.89. The number of aryl methyl sites for hydroxylation is 1. The first kappa shape index (κ1) is 13.5. The Kier molecular flexibility index (Phi) is 2.90. The van der Waals surface area contributed by atoms with Crippen molar-refractivity contribution in [1.82, 2.24) is 9.55 Å². The van der Waals surface area contributed by atoms with Crippen molar-refractivity contribution < 1.29 is 13.2 Å². The molecular formula is C15H12F3N3. The van der Waals surface area contributed by atoms with Gasteiger partial charge in [-0.2, -0.15) is 13.2 Å². The molecule has 0 spiro atoms. The fourth-order valence-corrected chi connectivity index (χ4v) is 2.42. The zero-order valence-corrected chi connectivity index (χ0v) is 11.1. The number of benzene rings is 2. The summed E-state index contributed by atoms with van der Waals surface area (Å²) in [5.74, 6) is 0.0380. The van der Waals surface area contributed by atoms with E-state index in [1.54, 1.807) is 18.2 Å². The monoisotopic (exact) mass is 291 g/mol. The summed E-state index contributed by atoms with van der Waals surface area (Å²) >= 11 is 0. The van der Waals surface area contributed by atoms with Gasteiger partial charge in [-0.3, -0.25) is 4.57 Å². The van der Waals surface area contributed by atoms with Crippen LogP contribution in [0.25, 0.3) is 16.7 Å². The SMILES string of the molecule is Cc1cccc2c1nc(N)n2-c1ccccc1C(F)(F)F. The maximum atomic E-state index is 13.2. The Morgan fingerprint density at radius 2 is 1.76 bits per heavy atom. The lowest BCUT2D eigenvalue weighted by Crippen LogP contribution is -2.12. The van der Waals surface area contributed by atoms with E-state index in [4.69, 9.17) is 5.73 Å². The van der Waals surface area contributed by atoms with Crippen molar-refractivity contribution in [2.75, 3.05) is 5.73 Å². The molecule has 108 valence electrons. The second-order valence-corrected chi connectivity index (χ2v) is 4.76. The van der Waals surface area contributed by atoms with E-state index >= 15 is 0 Å². The van der Waals surface area contributed by atoms with Crippen LogP contribution >= 0.6 is 0 Å². The van der Waals surface area contributed by atoms with Gasteiger partial charge in [0, 0.05) is 0 Å². The molecule has 3 rings (SSSR count). The summed E-state index contributed by atoms with van der Waals surface area (Å²) in [6.07, 6.45) is -4.45. The number of nitrogens with two attached hydrogens (primary N) is 1. The molecule has 2 N–H and O–H groups in total. The normalized spacial score (nSPS) is 12.0. The zero-order valence-electron chi connectivity index (χ0n) is 11.1. The second-order valence-electron chi connectivity index (χ2n) is 4.76. The molecule has 0 bridgehead atoms. The van der Waals surface area contributed by atoms with E-state index in [-0.39, 0.29) is 11.6 Å². The minimum absolute atomic E-state index is 0.0180. The minimum atomic E-state index is -4.45. The molecule has 0 aliphatic carbocycles. The third-order valence-electron chi connectivity index (χ3n) is 3.36.